The minimum absolute atomic E-state index is 0.0230. The number of benzene rings is 1. The number of ether oxygens (including phenoxy) is 1. The maximum absolute atomic E-state index is 12.7. The predicted octanol–water partition coefficient (Wildman–Crippen LogP) is 2.83. The summed E-state index contributed by atoms with van der Waals surface area (Å²) in [6.45, 7) is 0.967. The van der Waals surface area contributed by atoms with Crippen LogP contribution < -0.4 is 4.74 Å². The third-order valence-electron chi connectivity index (χ3n) is 3.73. The number of aliphatic hydroxyl groups is 1. The van der Waals surface area contributed by atoms with Gasteiger partial charge in [0.05, 0.1) is 12.7 Å². The van der Waals surface area contributed by atoms with E-state index in [2.05, 4.69) is 15.9 Å². The second-order valence-corrected chi connectivity index (χ2v) is 5.92. The molecule has 1 fully saturated rings. The van der Waals surface area contributed by atoms with Crippen molar-refractivity contribution in [3.8, 4) is 5.75 Å². The van der Waals surface area contributed by atoms with Crippen LogP contribution in [0.15, 0.2) is 22.7 Å². The molecule has 1 heterocycles. The lowest BCUT2D eigenvalue weighted by Crippen LogP contribution is -2.35. The topological polar surface area (TPSA) is 49.8 Å². The first kappa shape index (κ1) is 15.3. The molecule has 1 saturated heterocycles. The SMILES string of the molecule is COc1cc(Br)ccc1C(=O)N1CCCC1CCCO. The highest BCUT2D eigenvalue weighted by atomic mass is 79.9. The smallest absolute Gasteiger partial charge is 0.257 e. The Hall–Kier alpha value is -1.07. The maximum Gasteiger partial charge on any atom is 0.257 e. The molecule has 0 radical (unpaired) electrons. The van der Waals surface area contributed by atoms with Gasteiger partial charge < -0.3 is 14.7 Å². The van der Waals surface area contributed by atoms with E-state index in [-0.39, 0.29) is 18.6 Å². The highest BCUT2D eigenvalue weighted by Gasteiger charge is 2.30. The Kier molecular flexibility index (Phi) is 5.43. The van der Waals surface area contributed by atoms with Gasteiger partial charge in [0.2, 0.25) is 0 Å². The Morgan fingerprint density at radius 1 is 1.55 bits per heavy atom. The Morgan fingerprint density at radius 2 is 2.35 bits per heavy atom. The van der Waals surface area contributed by atoms with Gasteiger partial charge in [-0.1, -0.05) is 15.9 Å². The average molecular weight is 342 g/mol. The molecule has 1 aliphatic heterocycles. The van der Waals surface area contributed by atoms with Gasteiger partial charge in [0, 0.05) is 23.7 Å². The maximum atomic E-state index is 12.7. The molecular weight excluding hydrogens is 322 g/mol. The van der Waals surface area contributed by atoms with Crippen molar-refractivity contribution in [3.05, 3.63) is 28.2 Å². The van der Waals surface area contributed by atoms with Crippen molar-refractivity contribution in [2.24, 2.45) is 0 Å². The number of methoxy groups -OCH3 is 1. The number of hydrogen-bond donors (Lipinski definition) is 1. The van der Waals surface area contributed by atoms with Crippen molar-refractivity contribution in [1.29, 1.82) is 0 Å². The van der Waals surface area contributed by atoms with E-state index in [9.17, 15) is 4.79 Å². The number of hydrogen-bond acceptors (Lipinski definition) is 3. The third-order valence-corrected chi connectivity index (χ3v) is 4.22. The summed E-state index contributed by atoms with van der Waals surface area (Å²) in [6, 6.07) is 5.70. The van der Waals surface area contributed by atoms with E-state index >= 15 is 0 Å². The first-order chi connectivity index (χ1) is 9.67. The largest absolute Gasteiger partial charge is 0.496 e. The zero-order chi connectivity index (χ0) is 14.5. The minimum atomic E-state index is 0.0230. The fraction of sp³-hybridized carbons (Fsp3) is 0.533. The Balaban J connectivity index is 2.17. The van der Waals surface area contributed by atoms with Crippen LogP contribution in [0.4, 0.5) is 0 Å². The van der Waals surface area contributed by atoms with E-state index in [0.717, 1.165) is 36.7 Å². The van der Waals surface area contributed by atoms with Gasteiger partial charge in [-0.15, -0.1) is 0 Å². The van der Waals surface area contributed by atoms with Crippen LogP contribution in [-0.4, -0.2) is 42.2 Å². The number of carbonyl (C=O) groups excluding carboxylic acids is 1. The Labute approximate surface area is 127 Å². The second-order valence-electron chi connectivity index (χ2n) is 5.01. The normalized spacial score (nSPS) is 18.4. The van der Waals surface area contributed by atoms with Gasteiger partial charge >= 0.3 is 0 Å². The molecule has 20 heavy (non-hydrogen) atoms. The molecule has 1 unspecified atom stereocenters. The summed E-state index contributed by atoms with van der Waals surface area (Å²) in [6.07, 6.45) is 3.65. The molecule has 0 saturated carbocycles. The van der Waals surface area contributed by atoms with E-state index in [1.54, 1.807) is 13.2 Å². The number of nitrogens with zero attached hydrogens (tertiary/aromatic N) is 1. The van der Waals surface area contributed by atoms with Crippen LogP contribution in [0.25, 0.3) is 0 Å². The van der Waals surface area contributed by atoms with Gasteiger partial charge in [-0.2, -0.15) is 0 Å². The third kappa shape index (κ3) is 3.33. The zero-order valence-electron chi connectivity index (χ0n) is 11.6. The highest BCUT2D eigenvalue weighted by molar-refractivity contribution is 9.10. The summed E-state index contributed by atoms with van der Waals surface area (Å²) in [5.74, 6) is 0.618. The summed E-state index contributed by atoms with van der Waals surface area (Å²) in [5, 5.41) is 8.95. The van der Waals surface area contributed by atoms with Crippen LogP contribution >= 0.6 is 15.9 Å². The lowest BCUT2D eigenvalue weighted by atomic mass is 10.1. The van der Waals surface area contributed by atoms with Gasteiger partial charge in [-0.25, -0.2) is 0 Å². The second kappa shape index (κ2) is 7.09. The van der Waals surface area contributed by atoms with Crippen LogP contribution in [0.5, 0.6) is 5.75 Å². The molecular formula is C15H20BrNO3. The monoisotopic (exact) mass is 341 g/mol. The molecule has 1 amide bonds. The fourth-order valence-corrected chi connectivity index (χ4v) is 3.07. The molecule has 0 aliphatic carbocycles. The van der Waals surface area contributed by atoms with Crippen molar-refractivity contribution in [2.75, 3.05) is 20.3 Å². The molecule has 110 valence electrons. The lowest BCUT2D eigenvalue weighted by Gasteiger charge is -2.25. The van der Waals surface area contributed by atoms with Crippen LogP contribution in [-0.2, 0) is 0 Å². The van der Waals surface area contributed by atoms with Gasteiger partial charge in [0.25, 0.3) is 5.91 Å². The number of halogens is 1. The summed E-state index contributed by atoms with van der Waals surface area (Å²) in [5.41, 5.74) is 0.603. The first-order valence-electron chi connectivity index (χ1n) is 6.92. The van der Waals surface area contributed by atoms with Crippen LogP contribution in [0.1, 0.15) is 36.0 Å². The summed E-state index contributed by atoms with van der Waals surface area (Å²) in [4.78, 5) is 14.6. The molecule has 4 nitrogen and oxygen atoms in total. The van der Waals surface area contributed by atoms with Gasteiger partial charge in [0.1, 0.15) is 5.75 Å². The van der Waals surface area contributed by atoms with Crippen molar-refractivity contribution in [1.82, 2.24) is 4.90 Å². The average Bonchev–Trinajstić information content (AvgIpc) is 2.92. The molecule has 5 heteroatoms. The lowest BCUT2D eigenvalue weighted by molar-refractivity contribution is 0.0721. The molecule has 0 bridgehead atoms. The molecule has 2 rings (SSSR count). The van der Waals surface area contributed by atoms with E-state index in [4.69, 9.17) is 9.84 Å². The molecule has 1 aromatic rings. The predicted molar refractivity (Wildman–Crippen MR) is 81.1 cm³/mol. The van der Waals surface area contributed by atoms with E-state index in [1.807, 2.05) is 17.0 Å². The highest BCUT2D eigenvalue weighted by Crippen LogP contribution is 2.29. The van der Waals surface area contributed by atoms with Crippen molar-refractivity contribution in [2.45, 2.75) is 31.7 Å². The quantitative estimate of drug-likeness (QED) is 0.895. The van der Waals surface area contributed by atoms with E-state index < -0.39 is 0 Å². The molecule has 1 aromatic carbocycles. The van der Waals surface area contributed by atoms with Gasteiger partial charge in [0.15, 0.2) is 0 Å². The number of amides is 1. The number of carbonyl (C=O) groups is 1. The standard InChI is InChI=1S/C15H20BrNO3/c1-20-14-10-11(16)6-7-13(14)15(19)17-8-2-4-12(17)5-3-9-18/h6-7,10,12,18H,2-5,8-9H2,1H3. The molecule has 1 aliphatic rings. The first-order valence-corrected chi connectivity index (χ1v) is 7.72. The summed E-state index contributed by atoms with van der Waals surface area (Å²) in [7, 11) is 1.58. The van der Waals surface area contributed by atoms with Crippen molar-refractivity contribution < 1.29 is 14.6 Å². The number of rotatable bonds is 5. The summed E-state index contributed by atoms with van der Waals surface area (Å²) < 4.78 is 6.20. The molecule has 1 atom stereocenters. The van der Waals surface area contributed by atoms with Gasteiger partial charge in [-0.05, 0) is 43.9 Å². The molecule has 0 spiro atoms. The molecule has 1 N–H and O–H groups in total. The van der Waals surface area contributed by atoms with Crippen LogP contribution in [0.3, 0.4) is 0 Å². The van der Waals surface area contributed by atoms with Crippen LogP contribution in [0.2, 0.25) is 0 Å². The van der Waals surface area contributed by atoms with Gasteiger partial charge in [-0.3, -0.25) is 4.79 Å². The molecule has 0 aromatic heterocycles. The van der Waals surface area contributed by atoms with E-state index in [0.29, 0.717) is 11.3 Å². The Bertz CT molecular complexity index is 478. The zero-order valence-corrected chi connectivity index (χ0v) is 13.2. The minimum Gasteiger partial charge on any atom is -0.496 e. The fourth-order valence-electron chi connectivity index (χ4n) is 2.73. The number of aliphatic hydroxyl groups excluding tert-OH is 1. The van der Waals surface area contributed by atoms with Crippen molar-refractivity contribution >= 4 is 21.8 Å². The van der Waals surface area contributed by atoms with Crippen molar-refractivity contribution in [3.63, 3.8) is 0 Å². The Morgan fingerprint density at radius 3 is 3.05 bits per heavy atom. The number of likely N-dealkylation sites (tertiary alicyclic amines) is 1. The van der Waals surface area contributed by atoms with Crippen LogP contribution in [0, 0.1) is 0 Å². The van der Waals surface area contributed by atoms with E-state index in [1.165, 1.54) is 0 Å². The summed E-state index contributed by atoms with van der Waals surface area (Å²) >= 11 is 3.38.